The molecule has 0 aromatic rings. The first-order valence-electron chi connectivity index (χ1n) is 4.10. The third-order valence-electron chi connectivity index (χ3n) is 1.28. The van der Waals surface area contributed by atoms with Gasteiger partial charge >= 0.3 is 12.0 Å². The number of rotatable bonds is 6. The first-order valence-corrected chi connectivity index (χ1v) is 4.10. The molecule has 76 valence electrons. The molecule has 0 aliphatic heterocycles. The average molecular weight is 189 g/mol. The lowest BCUT2D eigenvalue weighted by Gasteiger charge is -2.04. The van der Waals surface area contributed by atoms with Gasteiger partial charge in [0.25, 0.3) is 0 Å². The van der Waals surface area contributed by atoms with Gasteiger partial charge in [0.2, 0.25) is 0 Å². The van der Waals surface area contributed by atoms with Crippen molar-refractivity contribution in [2.45, 2.75) is 12.8 Å². The fourth-order valence-corrected chi connectivity index (χ4v) is 0.690. The summed E-state index contributed by atoms with van der Waals surface area (Å²) in [7, 11) is 0. The summed E-state index contributed by atoms with van der Waals surface area (Å²) in [6.07, 6.45) is 0.503. The van der Waals surface area contributed by atoms with E-state index in [9.17, 15) is 9.59 Å². The summed E-state index contributed by atoms with van der Waals surface area (Å²) in [5.74, 6) is -0.857. The molecule has 0 aromatic carbocycles. The van der Waals surface area contributed by atoms with Crippen LogP contribution in [0, 0.1) is 0 Å². The first kappa shape index (κ1) is 11.7. The molecule has 0 rings (SSSR count). The van der Waals surface area contributed by atoms with Gasteiger partial charge < -0.3 is 21.5 Å². The van der Waals surface area contributed by atoms with Crippen LogP contribution >= 0.6 is 0 Å². The highest BCUT2D eigenvalue weighted by atomic mass is 16.4. The SMILES string of the molecule is NCCNC(=O)NCCCC(=O)O. The molecule has 0 fully saturated rings. The Morgan fingerprint density at radius 2 is 1.85 bits per heavy atom. The zero-order valence-electron chi connectivity index (χ0n) is 7.38. The number of amides is 2. The van der Waals surface area contributed by atoms with Crippen molar-refractivity contribution in [1.29, 1.82) is 0 Å². The minimum absolute atomic E-state index is 0.0666. The molecule has 6 heteroatoms. The monoisotopic (exact) mass is 189 g/mol. The molecule has 2 amide bonds. The molecule has 0 unspecified atom stereocenters. The number of nitrogens with one attached hydrogen (secondary N) is 2. The quantitative estimate of drug-likeness (QED) is 0.407. The van der Waals surface area contributed by atoms with E-state index in [4.69, 9.17) is 10.8 Å². The Bertz CT molecular complexity index is 172. The van der Waals surface area contributed by atoms with Crippen molar-refractivity contribution >= 4 is 12.0 Å². The van der Waals surface area contributed by atoms with Gasteiger partial charge in [0.1, 0.15) is 0 Å². The lowest BCUT2D eigenvalue weighted by Crippen LogP contribution is -2.38. The number of carboxylic acid groups (broad SMARTS) is 1. The fourth-order valence-electron chi connectivity index (χ4n) is 0.690. The van der Waals surface area contributed by atoms with E-state index < -0.39 is 5.97 Å². The van der Waals surface area contributed by atoms with Crippen LogP contribution in [0.5, 0.6) is 0 Å². The average Bonchev–Trinajstić information content (AvgIpc) is 2.08. The van der Waals surface area contributed by atoms with Gasteiger partial charge in [0.15, 0.2) is 0 Å². The smallest absolute Gasteiger partial charge is 0.314 e. The number of hydrogen-bond donors (Lipinski definition) is 4. The highest BCUT2D eigenvalue weighted by molar-refractivity contribution is 5.73. The summed E-state index contributed by atoms with van der Waals surface area (Å²) >= 11 is 0. The Morgan fingerprint density at radius 1 is 1.23 bits per heavy atom. The van der Waals surface area contributed by atoms with Gasteiger partial charge in [0, 0.05) is 26.1 Å². The molecule has 0 atom stereocenters. The molecule has 0 saturated carbocycles. The highest BCUT2D eigenvalue weighted by Crippen LogP contribution is 1.85. The zero-order chi connectivity index (χ0) is 10.1. The number of carboxylic acids is 1. The van der Waals surface area contributed by atoms with Gasteiger partial charge in [-0.2, -0.15) is 0 Å². The summed E-state index contributed by atoms with van der Waals surface area (Å²) in [5.41, 5.74) is 5.15. The summed E-state index contributed by atoms with van der Waals surface area (Å²) in [6.45, 7) is 1.18. The Morgan fingerprint density at radius 3 is 2.38 bits per heavy atom. The Kier molecular flexibility index (Phi) is 6.62. The number of aliphatic carboxylic acids is 1. The van der Waals surface area contributed by atoms with E-state index in [-0.39, 0.29) is 12.5 Å². The third kappa shape index (κ3) is 8.61. The summed E-state index contributed by atoms with van der Waals surface area (Å²) in [4.78, 5) is 20.9. The normalized spacial score (nSPS) is 9.31. The number of carbonyl (C=O) groups is 2. The van der Waals surface area contributed by atoms with E-state index in [0.717, 1.165) is 0 Å². The maximum absolute atomic E-state index is 10.8. The van der Waals surface area contributed by atoms with Crippen LogP contribution in [-0.4, -0.2) is 36.7 Å². The number of urea groups is 1. The van der Waals surface area contributed by atoms with Crippen LogP contribution in [0.4, 0.5) is 4.79 Å². The minimum atomic E-state index is -0.857. The van der Waals surface area contributed by atoms with Crippen LogP contribution in [0.1, 0.15) is 12.8 Å². The molecule has 0 aliphatic carbocycles. The Balaban J connectivity index is 3.22. The van der Waals surface area contributed by atoms with Crippen molar-refractivity contribution in [2.24, 2.45) is 5.73 Å². The molecule has 13 heavy (non-hydrogen) atoms. The van der Waals surface area contributed by atoms with Crippen molar-refractivity contribution in [2.75, 3.05) is 19.6 Å². The molecule has 0 saturated heterocycles. The number of hydrogen-bond acceptors (Lipinski definition) is 3. The van der Waals surface area contributed by atoms with Crippen molar-refractivity contribution < 1.29 is 14.7 Å². The lowest BCUT2D eigenvalue weighted by molar-refractivity contribution is -0.137. The topological polar surface area (TPSA) is 104 Å². The largest absolute Gasteiger partial charge is 0.481 e. The van der Waals surface area contributed by atoms with Crippen LogP contribution < -0.4 is 16.4 Å². The van der Waals surface area contributed by atoms with Crippen molar-refractivity contribution in [3.63, 3.8) is 0 Å². The van der Waals surface area contributed by atoms with Crippen molar-refractivity contribution in [1.82, 2.24) is 10.6 Å². The van der Waals surface area contributed by atoms with Gasteiger partial charge in [-0.3, -0.25) is 4.79 Å². The van der Waals surface area contributed by atoms with Gasteiger partial charge in [-0.15, -0.1) is 0 Å². The fraction of sp³-hybridized carbons (Fsp3) is 0.714. The Labute approximate surface area is 76.5 Å². The summed E-state index contributed by atoms with van der Waals surface area (Å²) < 4.78 is 0. The predicted octanol–water partition coefficient (Wildman–Crippen LogP) is -0.891. The van der Waals surface area contributed by atoms with E-state index in [0.29, 0.717) is 26.1 Å². The van der Waals surface area contributed by atoms with Gasteiger partial charge in [-0.05, 0) is 6.42 Å². The second-order valence-corrected chi connectivity index (χ2v) is 2.47. The van der Waals surface area contributed by atoms with E-state index in [1.54, 1.807) is 0 Å². The first-order chi connectivity index (χ1) is 6.16. The third-order valence-corrected chi connectivity index (χ3v) is 1.28. The van der Waals surface area contributed by atoms with Crippen LogP contribution in [-0.2, 0) is 4.79 Å². The van der Waals surface area contributed by atoms with Crippen molar-refractivity contribution in [3.05, 3.63) is 0 Å². The molecule has 5 N–H and O–H groups in total. The van der Waals surface area contributed by atoms with E-state index in [1.807, 2.05) is 0 Å². The molecular formula is C7H15N3O3. The Hall–Kier alpha value is -1.30. The maximum atomic E-state index is 10.8. The van der Waals surface area contributed by atoms with Crippen LogP contribution in [0.15, 0.2) is 0 Å². The van der Waals surface area contributed by atoms with Gasteiger partial charge in [-0.25, -0.2) is 4.79 Å². The maximum Gasteiger partial charge on any atom is 0.314 e. The van der Waals surface area contributed by atoms with Crippen LogP contribution in [0.25, 0.3) is 0 Å². The molecule has 6 nitrogen and oxygen atoms in total. The van der Waals surface area contributed by atoms with E-state index in [2.05, 4.69) is 10.6 Å². The highest BCUT2D eigenvalue weighted by Gasteiger charge is 1.99. The minimum Gasteiger partial charge on any atom is -0.481 e. The van der Waals surface area contributed by atoms with Gasteiger partial charge in [0.05, 0.1) is 0 Å². The second-order valence-electron chi connectivity index (χ2n) is 2.47. The van der Waals surface area contributed by atoms with Crippen molar-refractivity contribution in [3.8, 4) is 0 Å². The molecule has 0 aliphatic rings. The predicted molar refractivity (Wildman–Crippen MR) is 47.3 cm³/mol. The molecular weight excluding hydrogens is 174 g/mol. The molecule has 0 aromatic heterocycles. The van der Waals surface area contributed by atoms with Crippen LogP contribution in [0.3, 0.4) is 0 Å². The molecule has 0 bridgehead atoms. The zero-order valence-corrected chi connectivity index (χ0v) is 7.38. The number of carbonyl (C=O) groups excluding carboxylic acids is 1. The second kappa shape index (κ2) is 7.35. The molecule has 0 spiro atoms. The standard InChI is InChI=1S/C7H15N3O3/c8-3-5-10-7(13)9-4-1-2-6(11)12/h1-5,8H2,(H,11,12)(H2,9,10,13). The number of nitrogens with two attached hydrogens (primary N) is 1. The van der Waals surface area contributed by atoms with Gasteiger partial charge in [-0.1, -0.05) is 0 Å². The molecule has 0 heterocycles. The molecule has 0 radical (unpaired) electrons. The summed E-state index contributed by atoms with van der Waals surface area (Å²) in [5, 5.41) is 13.3. The van der Waals surface area contributed by atoms with E-state index in [1.165, 1.54) is 0 Å². The van der Waals surface area contributed by atoms with E-state index >= 15 is 0 Å². The lowest BCUT2D eigenvalue weighted by atomic mass is 10.3. The van der Waals surface area contributed by atoms with Crippen LogP contribution in [0.2, 0.25) is 0 Å². The summed E-state index contributed by atoms with van der Waals surface area (Å²) in [6, 6.07) is -0.309.